The number of para-hydroxylation sites is 4. The van der Waals surface area contributed by atoms with Crippen molar-refractivity contribution in [2.45, 2.75) is 75.0 Å². The Morgan fingerprint density at radius 3 is 0.779 bits per heavy atom. The molecule has 0 amide bonds. The van der Waals surface area contributed by atoms with E-state index in [9.17, 15) is 0 Å². The van der Waals surface area contributed by atoms with E-state index in [1.165, 1.54) is 185 Å². The maximum absolute atomic E-state index is 5.16. The molecule has 28 rings (SSSR count). The van der Waals surface area contributed by atoms with E-state index in [1.807, 2.05) is 36.4 Å². The van der Waals surface area contributed by atoms with Crippen LogP contribution in [0.3, 0.4) is 0 Å². The van der Waals surface area contributed by atoms with Crippen molar-refractivity contribution in [2.24, 2.45) is 47.3 Å². The number of fused-ring (bicyclic) bond motifs is 10. The molecule has 8 bridgehead atoms. The predicted molar refractivity (Wildman–Crippen MR) is 502 cm³/mol. The summed E-state index contributed by atoms with van der Waals surface area (Å²) in [6.45, 7) is 0. The molecule has 8 fully saturated rings. The summed E-state index contributed by atoms with van der Waals surface area (Å²) in [6.07, 6.45) is 13.6. The molecule has 7 heteroatoms. The van der Waals surface area contributed by atoms with Crippen molar-refractivity contribution in [2.75, 3.05) is 0 Å². The van der Waals surface area contributed by atoms with Crippen molar-refractivity contribution in [3.8, 4) is 79.4 Å². The van der Waals surface area contributed by atoms with Crippen molar-refractivity contribution < 1.29 is 0 Å². The standard InChI is InChI=1S/C58H45N3.C57H44N4/c1-3-11-39(12-4-1)53-36-54(40-13-5-2-6-14-40)60-57(59-53)45-20-19-42-33-46(24-21-41(42)32-45)58(48-28-37-27-38(30-48)31-49(58)29-37)47-25-22-44-35-50(26-23-43(44)34-47)61-55-17-9-7-15-51(55)52-16-8-10-18-56(52)61;1-3-11-38(12-4-1)54-58-55(39-13-5-2-6-14-39)60-56(59-54)44-20-19-41-33-45(24-21-40(41)32-44)57(47-28-36-27-37(30-47)31-48(57)29-36)46-25-22-43-35-49(26-23-42(43)34-46)61-52-17-9-7-15-50(52)51-16-8-10-18-53(51)61/h1-26,32-38,48-49H,27-31H2;1-26,32-37,47-48H,27-31H2. The summed E-state index contributed by atoms with van der Waals surface area (Å²) in [6, 6.07) is 136. The molecule has 7 nitrogen and oxygen atoms in total. The first-order valence-corrected chi connectivity index (χ1v) is 44.3. The highest BCUT2D eigenvalue weighted by Gasteiger charge is 2.60. The second kappa shape index (κ2) is 28.5. The quantitative estimate of drug-likeness (QED) is 0.122. The largest absolute Gasteiger partial charge is 0.309 e. The zero-order valence-corrected chi connectivity index (χ0v) is 68.0. The van der Waals surface area contributed by atoms with Crippen LogP contribution in [0.1, 0.15) is 86.5 Å². The van der Waals surface area contributed by atoms with Crippen LogP contribution >= 0.6 is 0 Å². The second-order valence-corrected chi connectivity index (χ2v) is 36.4. The maximum Gasteiger partial charge on any atom is 0.164 e. The van der Waals surface area contributed by atoms with Crippen molar-refractivity contribution in [3.63, 3.8) is 0 Å². The molecule has 8 saturated carbocycles. The Bertz CT molecular complexity index is 6820. The maximum atomic E-state index is 5.16. The van der Waals surface area contributed by atoms with Gasteiger partial charge in [-0.2, -0.15) is 0 Å². The van der Waals surface area contributed by atoms with Crippen LogP contribution in [0.25, 0.3) is 166 Å². The Labute approximate surface area is 710 Å². The smallest absolute Gasteiger partial charge is 0.164 e. The molecular formula is C115H89N7. The third-order valence-corrected chi connectivity index (χ3v) is 29.8. The highest BCUT2D eigenvalue weighted by molar-refractivity contribution is 6.11. The van der Waals surface area contributed by atoms with E-state index in [0.717, 1.165) is 74.3 Å². The summed E-state index contributed by atoms with van der Waals surface area (Å²) >= 11 is 0. The van der Waals surface area contributed by atoms with E-state index in [2.05, 4.69) is 343 Å². The zero-order valence-electron chi connectivity index (χ0n) is 68.0. The minimum Gasteiger partial charge on any atom is -0.309 e. The molecule has 0 aliphatic heterocycles. The van der Waals surface area contributed by atoms with E-state index >= 15 is 0 Å². The summed E-state index contributed by atoms with van der Waals surface area (Å²) in [5.41, 5.74) is 21.4. The van der Waals surface area contributed by atoms with Crippen LogP contribution < -0.4 is 0 Å². The topological polar surface area (TPSA) is 74.3 Å². The fraction of sp³-hybridized carbons (Fsp3) is 0.174. The molecule has 0 N–H and O–H groups in total. The average molecular weight is 1570 g/mol. The first kappa shape index (κ1) is 71.2. The van der Waals surface area contributed by atoms with E-state index in [-0.39, 0.29) is 10.8 Å². The Hall–Kier alpha value is -13.8. The highest BCUT2D eigenvalue weighted by Crippen LogP contribution is 2.67. The first-order chi connectivity index (χ1) is 60.3. The van der Waals surface area contributed by atoms with Gasteiger partial charge in [0.05, 0.1) is 33.5 Å². The van der Waals surface area contributed by atoms with Crippen molar-refractivity contribution in [1.29, 1.82) is 0 Å². The lowest BCUT2D eigenvalue weighted by molar-refractivity contribution is -0.0417. The molecule has 122 heavy (non-hydrogen) atoms. The molecule has 4 heterocycles. The molecule has 16 aromatic carbocycles. The Morgan fingerprint density at radius 1 is 0.197 bits per heavy atom. The fourth-order valence-corrected chi connectivity index (χ4v) is 25.0. The molecule has 8 aliphatic rings. The van der Waals surface area contributed by atoms with Gasteiger partial charge in [0.1, 0.15) is 0 Å². The lowest BCUT2D eigenvalue weighted by Gasteiger charge is -2.62. The van der Waals surface area contributed by atoms with Gasteiger partial charge in [0, 0.05) is 77.1 Å². The van der Waals surface area contributed by atoms with Gasteiger partial charge in [-0.05, 0) is 244 Å². The summed E-state index contributed by atoms with van der Waals surface area (Å²) in [5.74, 6) is 8.89. The van der Waals surface area contributed by atoms with Gasteiger partial charge in [-0.15, -0.1) is 0 Å². The van der Waals surface area contributed by atoms with Crippen molar-refractivity contribution in [3.05, 3.63) is 392 Å². The first-order valence-electron chi connectivity index (χ1n) is 44.3. The van der Waals surface area contributed by atoms with Crippen molar-refractivity contribution in [1.82, 2.24) is 34.1 Å². The molecular weight excluding hydrogens is 1480 g/mol. The summed E-state index contributed by atoms with van der Waals surface area (Å²) in [4.78, 5) is 25.3. The molecule has 4 aromatic heterocycles. The van der Waals surface area contributed by atoms with Crippen LogP contribution in [0.5, 0.6) is 0 Å². The molecule has 0 unspecified atom stereocenters. The second-order valence-electron chi connectivity index (χ2n) is 36.4. The monoisotopic (exact) mass is 1570 g/mol. The molecule has 0 saturated heterocycles. The van der Waals surface area contributed by atoms with E-state index in [1.54, 1.807) is 0 Å². The van der Waals surface area contributed by atoms with E-state index < -0.39 is 0 Å². The van der Waals surface area contributed by atoms with Gasteiger partial charge in [-0.3, -0.25) is 0 Å². The molecule has 0 radical (unpaired) electrons. The van der Waals surface area contributed by atoms with Gasteiger partial charge < -0.3 is 9.13 Å². The third kappa shape index (κ3) is 11.6. The Balaban J connectivity index is 0.000000134. The number of hydrogen-bond acceptors (Lipinski definition) is 5. The summed E-state index contributed by atoms with van der Waals surface area (Å²) in [7, 11) is 0. The van der Waals surface area contributed by atoms with Crippen LogP contribution in [-0.2, 0) is 10.8 Å². The van der Waals surface area contributed by atoms with Crippen LogP contribution in [-0.4, -0.2) is 34.1 Å². The fourth-order valence-electron chi connectivity index (χ4n) is 25.0. The van der Waals surface area contributed by atoms with Crippen LogP contribution in [0.15, 0.2) is 370 Å². The van der Waals surface area contributed by atoms with Gasteiger partial charge in [0.25, 0.3) is 0 Å². The SMILES string of the molecule is c1ccc(-c2cc(-c3ccccc3)nc(-c3ccc4cc(C5(c6ccc7cc(-n8c9ccccc9c9ccccc98)ccc7c6)C6CC7CC(C6)CC5C7)ccc4c3)n2)cc1.c1ccc(-c2nc(-c3ccccc3)nc(-c3ccc4cc(C5(c6ccc7cc(-n8c9ccccc9c9ccccc98)ccc7c6)C6CC7CC(C6)CC5C7)ccc4c3)n2)cc1. The normalized spacial score (nSPS) is 21.8. The Morgan fingerprint density at radius 2 is 0.451 bits per heavy atom. The van der Waals surface area contributed by atoms with Crippen LogP contribution in [0, 0.1) is 47.3 Å². The number of benzene rings is 16. The Kier molecular flexibility index (Phi) is 16.6. The molecule has 8 aliphatic carbocycles. The minimum absolute atomic E-state index is 0.00230. The van der Waals surface area contributed by atoms with Gasteiger partial charge in [0.15, 0.2) is 23.3 Å². The minimum atomic E-state index is -0.0106. The molecule has 584 valence electrons. The van der Waals surface area contributed by atoms with Gasteiger partial charge in [0.2, 0.25) is 0 Å². The lowest BCUT2D eigenvalue weighted by Crippen LogP contribution is -2.56. The van der Waals surface area contributed by atoms with Gasteiger partial charge >= 0.3 is 0 Å². The van der Waals surface area contributed by atoms with Crippen LogP contribution in [0.4, 0.5) is 0 Å². The number of nitrogens with zero attached hydrogens (tertiary/aromatic N) is 7. The third-order valence-electron chi connectivity index (χ3n) is 29.8. The average Bonchev–Trinajstić information content (AvgIpc) is 1.03. The highest BCUT2D eigenvalue weighted by atomic mass is 15.0. The number of rotatable bonds is 12. The number of aromatic nitrogens is 7. The van der Waals surface area contributed by atoms with Gasteiger partial charge in [-0.1, -0.05) is 303 Å². The van der Waals surface area contributed by atoms with Crippen molar-refractivity contribution >= 4 is 86.7 Å². The van der Waals surface area contributed by atoms with E-state index in [4.69, 9.17) is 24.9 Å². The molecule has 0 spiro atoms. The van der Waals surface area contributed by atoms with Crippen LogP contribution in [0.2, 0.25) is 0 Å². The molecule has 0 atom stereocenters. The summed E-state index contributed by atoms with van der Waals surface area (Å²) in [5, 5.41) is 15.4. The number of hydrogen-bond donors (Lipinski definition) is 0. The summed E-state index contributed by atoms with van der Waals surface area (Å²) < 4.78 is 4.87. The lowest BCUT2D eigenvalue weighted by atomic mass is 9.42. The van der Waals surface area contributed by atoms with Gasteiger partial charge in [-0.25, -0.2) is 24.9 Å². The van der Waals surface area contributed by atoms with E-state index in [0.29, 0.717) is 41.1 Å². The molecule has 20 aromatic rings. The predicted octanol–water partition coefficient (Wildman–Crippen LogP) is 28.6. The zero-order chi connectivity index (χ0) is 80.1.